The number of likely N-dealkylation sites (tertiary alicyclic amines) is 1. The van der Waals surface area contributed by atoms with Gasteiger partial charge in [0.2, 0.25) is 5.91 Å². The maximum atomic E-state index is 12.0. The largest absolute Gasteiger partial charge is 0.348 e. The summed E-state index contributed by atoms with van der Waals surface area (Å²) >= 11 is 5.72. The number of aromatic nitrogens is 2. The maximum Gasteiger partial charge on any atom is 0.271 e. The lowest BCUT2D eigenvalue weighted by atomic mass is 10.0. The van der Waals surface area contributed by atoms with Crippen molar-refractivity contribution < 1.29 is 9.59 Å². The van der Waals surface area contributed by atoms with Gasteiger partial charge in [0.1, 0.15) is 10.8 Å². The van der Waals surface area contributed by atoms with Gasteiger partial charge in [0.15, 0.2) is 0 Å². The monoisotopic (exact) mass is 308 g/mol. The maximum absolute atomic E-state index is 12.0. The van der Waals surface area contributed by atoms with Crippen LogP contribution < -0.4 is 5.32 Å². The summed E-state index contributed by atoms with van der Waals surface area (Å²) in [5.41, 5.74) is 0.221. The highest BCUT2D eigenvalue weighted by atomic mass is 35.5. The molecule has 1 aliphatic carbocycles. The number of halogens is 1. The summed E-state index contributed by atoms with van der Waals surface area (Å²) in [6.07, 6.45) is 6.40. The first kappa shape index (κ1) is 14.3. The van der Waals surface area contributed by atoms with E-state index in [4.69, 9.17) is 11.6 Å². The predicted molar refractivity (Wildman–Crippen MR) is 76.8 cm³/mol. The number of nitrogens with zero attached hydrogens (tertiary/aromatic N) is 3. The Balaban J connectivity index is 1.50. The molecule has 1 saturated carbocycles. The van der Waals surface area contributed by atoms with E-state index in [0.29, 0.717) is 13.1 Å². The van der Waals surface area contributed by atoms with Gasteiger partial charge in [0.25, 0.3) is 5.91 Å². The number of amides is 2. The number of hydrogen-bond donors (Lipinski definition) is 1. The molecule has 0 spiro atoms. The Bertz CT molecular complexity index is 554. The van der Waals surface area contributed by atoms with Crippen LogP contribution in [0.15, 0.2) is 12.4 Å². The van der Waals surface area contributed by atoms with E-state index >= 15 is 0 Å². The van der Waals surface area contributed by atoms with E-state index < -0.39 is 0 Å². The van der Waals surface area contributed by atoms with E-state index in [1.54, 1.807) is 0 Å². The quantitative estimate of drug-likeness (QED) is 0.912. The third-order valence-corrected chi connectivity index (χ3v) is 4.09. The summed E-state index contributed by atoms with van der Waals surface area (Å²) in [5.74, 6) is 0.273. The number of nitrogens with one attached hydrogen (secondary N) is 1. The van der Waals surface area contributed by atoms with Gasteiger partial charge in [-0.1, -0.05) is 11.6 Å². The zero-order chi connectivity index (χ0) is 14.8. The first-order valence-electron chi connectivity index (χ1n) is 7.20. The van der Waals surface area contributed by atoms with Crippen molar-refractivity contribution in [2.45, 2.75) is 31.7 Å². The van der Waals surface area contributed by atoms with Gasteiger partial charge < -0.3 is 10.2 Å². The van der Waals surface area contributed by atoms with Crippen LogP contribution >= 0.6 is 11.6 Å². The van der Waals surface area contributed by atoms with E-state index in [2.05, 4.69) is 15.3 Å². The molecule has 1 aromatic heterocycles. The molecule has 1 saturated heterocycles. The molecule has 7 heteroatoms. The Morgan fingerprint density at radius 3 is 2.52 bits per heavy atom. The van der Waals surface area contributed by atoms with Crippen LogP contribution in [0.25, 0.3) is 0 Å². The van der Waals surface area contributed by atoms with Gasteiger partial charge in [-0.3, -0.25) is 14.6 Å². The van der Waals surface area contributed by atoms with Gasteiger partial charge in [-0.25, -0.2) is 4.98 Å². The summed E-state index contributed by atoms with van der Waals surface area (Å²) in [6, 6.07) is 0.0709. The first-order chi connectivity index (χ1) is 10.1. The zero-order valence-electron chi connectivity index (χ0n) is 11.6. The van der Waals surface area contributed by atoms with Gasteiger partial charge in [0.05, 0.1) is 12.4 Å². The molecule has 1 aliphatic heterocycles. The Labute approximate surface area is 127 Å². The van der Waals surface area contributed by atoms with Crippen molar-refractivity contribution in [2.24, 2.45) is 5.92 Å². The minimum Gasteiger partial charge on any atom is -0.348 e. The summed E-state index contributed by atoms with van der Waals surface area (Å²) in [7, 11) is 0. The number of hydrogen-bond acceptors (Lipinski definition) is 4. The lowest BCUT2D eigenvalue weighted by Gasteiger charge is -2.32. The molecule has 2 heterocycles. The Hall–Kier alpha value is -1.69. The van der Waals surface area contributed by atoms with Crippen LogP contribution in [0, 0.1) is 5.92 Å². The third kappa shape index (κ3) is 3.50. The molecule has 21 heavy (non-hydrogen) atoms. The van der Waals surface area contributed by atoms with Crippen molar-refractivity contribution in [3.63, 3.8) is 0 Å². The summed E-state index contributed by atoms with van der Waals surface area (Å²) < 4.78 is 0. The second-order valence-corrected chi connectivity index (χ2v) is 5.96. The standard InChI is InChI=1S/C14H17ClN4O2/c15-12-8-16-7-11(18-12)13(20)17-10-3-5-19(6-4-10)14(21)9-1-2-9/h7-10H,1-6H2,(H,17,20). The van der Waals surface area contributed by atoms with E-state index in [1.807, 2.05) is 4.90 Å². The topological polar surface area (TPSA) is 75.2 Å². The third-order valence-electron chi connectivity index (χ3n) is 3.91. The van der Waals surface area contributed by atoms with Gasteiger partial charge in [0, 0.05) is 25.0 Å². The van der Waals surface area contributed by atoms with Crippen LogP contribution in [-0.4, -0.2) is 45.8 Å². The molecule has 0 bridgehead atoms. The van der Waals surface area contributed by atoms with E-state index in [1.165, 1.54) is 12.4 Å². The fraction of sp³-hybridized carbons (Fsp3) is 0.571. The highest BCUT2D eigenvalue weighted by Gasteiger charge is 2.35. The highest BCUT2D eigenvalue weighted by molar-refractivity contribution is 6.29. The molecule has 2 fully saturated rings. The lowest BCUT2D eigenvalue weighted by molar-refractivity contribution is -0.133. The van der Waals surface area contributed by atoms with Gasteiger partial charge in [-0.05, 0) is 25.7 Å². The summed E-state index contributed by atoms with van der Waals surface area (Å²) in [4.78, 5) is 33.7. The second-order valence-electron chi connectivity index (χ2n) is 5.57. The lowest BCUT2D eigenvalue weighted by Crippen LogP contribution is -2.47. The molecule has 112 valence electrons. The van der Waals surface area contributed by atoms with Crippen molar-refractivity contribution in [3.8, 4) is 0 Å². The van der Waals surface area contributed by atoms with Crippen molar-refractivity contribution in [2.75, 3.05) is 13.1 Å². The second kappa shape index (κ2) is 5.97. The smallest absolute Gasteiger partial charge is 0.271 e. The van der Waals surface area contributed by atoms with Crippen LogP contribution in [0.4, 0.5) is 0 Å². The van der Waals surface area contributed by atoms with Crippen LogP contribution in [-0.2, 0) is 4.79 Å². The molecule has 0 unspecified atom stereocenters. The molecule has 2 aliphatic rings. The van der Waals surface area contributed by atoms with E-state index in [0.717, 1.165) is 25.7 Å². The predicted octanol–water partition coefficient (Wildman–Crippen LogP) is 1.26. The molecule has 6 nitrogen and oxygen atoms in total. The summed E-state index contributed by atoms with van der Waals surface area (Å²) in [5, 5.41) is 3.13. The SMILES string of the molecule is O=C(NC1CCN(C(=O)C2CC2)CC1)c1cncc(Cl)n1. The average Bonchev–Trinajstić information content (AvgIpc) is 3.32. The highest BCUT2D eigenvalue weighted by Crippen LogP contribution is 2.31. The molecule has 0 atom stereocenters. The molecule has 0 aromatic carbocycles. The Morgan fingerprint density at radius 2 is 1.90 bits per heavy atom. The van der Waals surface area contributed by atoms with Gasteiger partial charge >= 0.3 is 0 Å². The fourth-order valence-electron chi connectivity index (χ4n) is 2.54. The molecule has 2 amide bonds. The molecule has 1 aromatic rings. The fourth-order valence-corrected chi connectivity index (χ4v) is 2.69. The Morgan fingerprint density at radius 1 is 1.19 bits per heavy atom. The van der Waals surface area contributed by atoms with Gasteiger partial charge in [-0.2, -0.15) is 0 Å². The first-order valence-corrected chi connectivity index (χ1v) is 7.58. The van der Waals surface area contributed by atoms with Crippen LogP contribution in [0.3, 0.4) is 0 Å². The minimum atomic E-state index is -0.267. The van der Waals surface area contributed by atoms with Gasteiger partial charge in [-0.15, -0.1) is 0 Å². The Kier molecular flexibility index (Phi) is 4.05. The minimum absolute atomic E-state index is 0.0709. The molecule has 0 radical (unpaired) electrons. The van der Waals surface area contributed by atoms with Crippen LogP contribution in [0.5, 0.6) is 0 Å². The molecule has 1 N–H and O–H groups in total. The number of rotatable bonds is 3. The summed E-state index contributed by atoms with van der Waals surface area (Å²) in [6.45, 7) is 1.42. The molecule has 3 rings (SSSR count). The number of carbonyl (C=O) groups excluding carboxylic acids is 2. The molecular weight excluding hydrogens is 292 g/mol. The van der Waals surface area contributed by atoms with Crippen molar-refractivity contribution >= 4 is 23.4 Å². The number of carbonyl (C=O) groups is 2. The van der Waals surface area contributed by atoms with Crippen molar-refractivity contribution in [1.29, 1.82) is 0 Å². The van der Waals surface area contributed by atoms with Crippen molar-refractivity contribution in [1.82, 2.24) is 20.2 Å². The van der Waals surface area contributed by atoms with E-state index in [-0.39, 0.29) is 34.6 Å². The van der Waals surface area contributed by atoms with Crippen LogP contribution in [0.2, 0.25) is 5.15 Å². The zero-order valence-corrected chi connectivity index (χ0v) is 12.3. The number of piperidine rings is 1. The van der Waals surface area contributed by atoms with Crippen molar-refractivity contribution in [3.05, 3.63) is 23.2 Å². The van der Waals surface area contributed by atoms with E-state index in [9.17, 15) is 9.59 Å². The molecular formula is C14H17ClN4O2. The average molecular weight is 309 g/mol. The van der Waals surface area contributed by atoms with Crippen LogP contribution in [0.1, 0.15) is 36.2 Å². The normalized spacial score (nSPS) is 19.4.